The lowest BCUT2D eigenvalue weighted by Gasteiger charge is -2.47. The first kappa shape index (κ1) is 33.8. The standard InChI is InChI=1S/C33H33NO12/c1-20(36)34-26-25(43-29(38)21-12-6-3-7-13-21)18-33(32(41)42-2,46-31(40)23-16-10-5-11-17-23)45-28(26)27(24(37)19-35)44-30(39)22-14-8-4-9-15-22/h3-17,24-28,35,37H,18-19H2,1-2H3,(H,34,36)/t24-,25+,26-,27-,28-,33-/m1/s1. The van der Waals surface area contributed by atoms with Crippen LogP contribution in [0.3, 0.4) is 0 Å². The summed E-state index contributed by atoms with van der Waals surface area (Å²) in [6, 6.07) is 21.6. The van der Waals surface area contributed by atoms with E-state index in [1.165, 1.54) is 36.4 Å². The van der Waals surface area contributed by atoms with Gasteiger partial charge in [0, 0.05) is 6.92 Å². The SMILES string of the molecule is COC(=O)[C@]1(OC(=O)c2ccccc2)C[C@H](OC(=O)c2ccccc2)[C@@H](NC(C)=O)[C@H]([C@H](OC(=O)c2ccccc2)[C@H](O)CO)O1. The Bertz CT molecular complexity index is 1520. The summed E-state index contributed by atoms with van der Waals surface area (Å²) in [5.41, 5.74) is 0.195. The number of amides is 1. The maximum atomic E-state index is 13.5. The number of nitrogens with one attached hydrogen (secondary N) is 1. The van der Waals surface area contributed by atoms with E-state index in [4.69, 9.17) is 23.7 Å². The van der Waals surface area contributed by atoms with Crippen LogP contribution in [0.5, 0.6) is 0 Å². The molecule has 0 radical (unpaired) electrons. The zero-order chi connectivity index (χ0) is 33.3. The number of carbonyl (C=O) groups excluding carboxylic acids is 5. The minimum atomic E-state index is -2.66. The molecule has 0 spiro atoms. The molecule has 6 atom stereocenters. The fourth-order valence-corrected chi connectivity index (χ4v) is 4.93. The summed E-state index contributed by atoms with van der Waals surface area (Å²) in [5.74, 6) is -7.42. The number of methoxy groups -OCH3 is 1. The zero-order valence-corrected chi connectivity index (χ0v) is 24.9. The van der Waals surface area contributed by atoms with E-state index >= 15 is 0 Å². The smallest absolute Gasteiger partial charge is 0.379 e. The zero-order valence-electron chi connectivity index (χ0n) is 24.9. The molecular formula is C33H33NO12. The molecule has 1 heterocycles. The van der Waals surface area contributed by atoms with Crippen LogP contribution in [-0.4, -0.2) is 90.0 Å². The Kier molecular flexibility index (Phi) is 11.2. The molecule has 1 aliphatic rings. The normalized spacial score (nSPS) is 22.0. The van der Waals surface area contributed by atoms with Crippen LogP contribution in [0.15, 0.2) is 91.0 Å². The predicted molar refractivity (Wildman–Crippen MR) is 158 cm³/mol. The third kappa shape index (κ3) is 7.93. The number of hydrogen-bond donors (Lipinski definition) is 3. The molecule has 0 bridgehead atoms. The van der Waals surface area contributed by atoms with Crippen molar-refractivity contribution >= 4 is 29.8 Å². The molecule has 13 heteroatoms. The van der Waals surface area contributed by atoms with E-state index in [-0.39, 0.29) is 16.7 Å². The molecule has 0 aromatic heterocycles. The van der Waals surface area contributed by atoms with Crippen molar-refractivity contribution < 1.29 is 57.9 Å². The Hall–Kier alpha value is -5.11. The highest BCUT2D eigenvalue weighted by Gasteiger charge is 2.60. The van der Waals surface area contributed by atoms with E-state index in [1.54, 1.807) is 54.6 Å². The highest BCUT2D eigenvalue weighted by atomic mass is 16.8. The first-order valence-corrected chi connectivity index (χ1v) is 14.2. The molecule has 1 fully saturated rings. The van der Waals surface area contributed by atoms with Gasteiger partial charge < -0.3 is 39.2 Å². The highest BCUT2D eigenvalue weighted by molar-refractivity contribution is 5.93. The highest BCUT2D eigenvalue weighted by Crippen LogP contribution is 2.37. The summed E-state index contributed by atoms with van der Waals surface area (Å²) in [5, 5.41) is 23.5. The van der Waals surface area contributed by atoms with Crippen LogP contribution in [0.4, 0.5) is 0 Å². The summed E-state index contributed by atoms with van der Waals surface area (Å²) in [7, 11) is 0.999. The van der Waals surface area contributed by atoms with Gasteiger partial charge >= 0.3 is 29.7 Å². The molecular weight excluding hydrogens is 602 g/mol. The Balaban J connectivity index is 1.84. The van der Waals surface area contributed by atoms with Crippen LogP contribution < -0.4 is 5.32 Å². The fraction of sp³-hybridized carbons (Fsp3) is 0.303. The summed E-state index contributed by atoms with van der Waals surface area (Å²) in [6.07, 6.45) is -7.66. The molecule has 0 aliphatic carbocycles. The molecule has 0 saturated carbocycles. The molecule has 4 rings (SSSR count). The first-order valence-electron chi connectivity index (χ1n) is 14.2. The van der Waals surface area contributed by atoms with Crippen LogP contribution in [0, 0.1) is 0 Å². The van der Waals surface area contributed by atoms with Gasteiger partial charge in [0.25, 0.3) is 0 Å². The Morgan fingerprint density at radius 3 is 1.83 bits per heavy atom. The van der Waals surface area contributed by atoms with Gasteiger partial charge in [0.05, 0.1) is 42.9 Å². The van der Waals surface area contributed by atoms with Crippen LogP contribution in [-0.2, 0) is 33.3 Å². The van der Waals surface area contributed by atoms with Gasteiger partial charge in [0.2, 0.25) is 5.91 Å². The van der Waals surface area contributed by atoms with Crippen LogP contribution in [0.25, 0.3) is 0 Å². The van der Waals surface area contributed by atoms with Gasteiger partial charge in [-0.15, -0.1) is 0 Å². The van der Waals surface area contributed by atoms with Crippen molar-refractivity contribution in [2.24, 2.45) is 0 Å². The second-order valence-electron chi connectivity index (χ2n) is 10.3. The number of hydrogen-bond acceptors (Lipinski definition) is 12. The lowest BCUT2D eigenvalue weighted by molar-refractivity contribution is -0.293. The maximum Gasteiger partial charge on any atom is 0.379 e. The number of aliphatic hydroxyl groups excluding tert-OH is 2. The number of rotatable bonds is 11. The van der Waals surface area contributed by atoms with E-state index in [9.17, 15) is 34.2 Å². The summed E-state index contributed by atoms with van der Waals surface area (Å²) in [4.78, 5) is 65.7. The van der Waals surface area contributed by atoms with Gasteiger partial charge in [-0.25, -0.2) is 19.2 Å². The van der Waals surface area contributed by atoms with E-state index < -0.39 is 79.1 Å². The topological polar surface area (TPSA) is 184 Å². The number of carbonyl (C=O) groups is 5. The Labute approximate surface area is 264 Å². The van der Waals surface area contributed by atoms with Gasteiger partial charge in [0.1, 0.15) is 18.3 Å². The maximum absolute atomic E-state index is 13.5. The monoisotopic (exact) mass is 635 g/mol. The molecule has 46 heavy (non-hydrogen) atoms. The Morgan fingerprint density at radius 2 is 1.35 bits per heavy atom. The minimum Gasteiger partial charge on any atom is -0.464 e. The number of benzene rings is 3. The van der Waals surface area contributed by atoms with Crippen molar-refractivity contribution in [1.82, 2.24) is 5.32 Å². The first-order chi connectivity index (χ1) is 22.1. The molecule has 1 aliphatic heterocycles. The second kappa shape index (κ2) is 15.3. The van der Waals surface area contributed by atoms with Crippen molar-refractivity contribution in [3.05, 3.63) is 108 Å². The molecule has 242 valence electrons. The quantitative estimate of drug-likeness (QED) is 0.205. The van der Waals surface area contributed by atoms with Crippen molar-refractivity contribution in [2.75, 3.05) is 13.7 Å². The second-order valence-corrected chi connectivity index (χ2v) is 10.3. The van der Waals surface area contributed by atoms with E-state index in [1.807, 2.05) is 0 Å². The Morgan fingerprint density at radius 1 is 0.848 bits per heavy atom. The lowest BCUT2D eigenvalue weighted by Crippen LogP contribution is -2.69. The lowest BCUT2D eigenvalue weighted by atomic mass is 9.88. The van der Waals surface area contributed by atoms with E-state index in [2.05, 4.69) is 5.32 Å². The molecule has 1 saturated heterocycles. The summed E-state index contributed by atoms with van der Waals surface area (Å²) < 4.78 is 28.1. The van der Waals surface area contributed by atoms with Gasteiger partial charge in [0.15, 0.2) is 6.10 Å². The van der Waals surface area contributed by atoms with Gasteiger partial charge in [-0.3, -0.25) is 4.79 Å². The van der Waals surface area contributed by atoms with Gasteiger partial charge in [-0.1, -0.05) is 54.6 Å². The molecule has 0 unspecified atom stereocenters. The third-order valence-electron chi connectivity index (χ3n) is 7.09. The van der Waals surface area contributed by atoms with Crippen LogP contribution >= 0.6 is 0 Å². The van der Waals surface area contributed by atoms with E-state index in [0.29, 0.717) is 0 Å². The number of aliphatic hydroxyl groups is 2. The van der Waals surface area contributed by atoms with Crippen LogP contribution in [0.1, 0.15) is 44.4 Å². The average Bonchev–Trinajstić information content (AvgIpc) is 3.08. The van der Waals surface area contributed by atoms with Crippen molar-refractivity contribution in [3.63, 3.8) is 0 Å². The molecule has 3 aromatic rings. The van der Waals surface area contributed by atoms with Crippen molar-refractivity contribution in [2.45, 2.75) is 49.6 Å². The predicted octanol–water partition coefficient (Wildman–Crippen LogP) is 1.81. The third-order valence-corrected chi connectivity index (χ3v) is 7.09. The minimum absolute atomic E-state index is 0.0233. The van der Waals surface area contributed by atoms with Gasteiger partial charge in [-0.2, -0.15) is 0 Å². The molecule has 3 N–H and O–H groups in total. The number of esters is 4. The average molecular weight is 636 g/mol. The fourth-order valence-electron chi connectivity index (χ4n) is 4.93. The molecule has 13 nitrogen and oxygen atoms in total. The largest absolute Gasteiger partial charge is 0.464 e. The summed E-state index contributed by atoms with van der Waals surface area (Å²) in [6.45, 7) is 0.182. The molecule has 3 aromatic carbocycles. The van der Waals surface area contributed by atoms with Crippen molar-refractivity contribution in [3.8, 4) is 0 Å². The number of ether oxygens (including phenoxy) is 5. The van der Waals surface area contributed by atoms with E-state index in [0.717, 1.165) is 14.0 Å². The van der Waals surface area contributed by atoms with Crippen LogP contribution in [0.2, 0.25) is 0 Å². The summed E-state index contributed by atoms with van der Waals surface area (Å²) >= 11 is 0. The molecule has 1 amide bonds. The van der Waals surface area contributed by atoms with Crippen molar-refractivity contribution in [1.29, 1.82) is 0 Å². The van der Waals surface area contributed by atoms with Gasteiger partial charge in [-0.05, 0) is 36.4 Å².